The first-order valence-corrected chi connectivity index (χ1v) is 8.84. The van der Waals surface area contributed by atoms with E-state index in [1.54, 1.807) is 6.92 Å². The van der Waals surface area contributed by atoms with Crippen molar-refractivity contribution in [3.8, 4) is 0 Å². The first-order valence-electron chi connectivity index (χ1n) is 5.70. The van der Waals surface area contributed by atoms with Crippen molar-refractivity contribution in [2.45, 2.75) is 11.8 Å². The van der Waals surface area contributed by atoms with Crippen LogP contribution < -0.4 is 20.7 Å². The van der Waals surface area contributed by atoms with Gasteiger partial charge in [-0.15, -0.1) is 0 Å². The Labute approximate surface area is 118 Å². The predicted octanol–water partition coefficient (Wildman–Crippen LogP) is -1.42. The highest BCUT2D eigenvalue weighted by molar-refractivity contribution is 7.90. The van der Waals surface area contributed by atoms with E-state index in [9.17, 15) is 16.8 Å². The van der Waals surface area contributed by atoms with Crippen LogP contribution in [0.15, 0.2) is 23.2 Å². The topological polar surface area (TPSA) is 143 Å². The molecule has 0 spiro atoms. The van der Waals surface area contributed by atoms with Crippen LogP contribution in [0, 0.1) is 0 Å². The maximum atomic E-state index is 11.9. The van der Waals surface area contributed by atoms with E-state index in [1.165, 1.54) is 18.3 Å². The van der Waals surface area contributed by atoms with E-state index >= 15 is 0 Å². The Kier molecular flexibility index (Phi) is 5.83. The predicted molar refractivity (Wildman–Crippen MR) is 74.7 cm³/mol. The Morgan fingerprint density at radius 3 is 2.55 bits per heavy atom. The minimum Gasteiger partial charge on any atom is -0.308 e. The number of anilines is 1. The minimum atomic E-state index is -3.81. The Morgan fingerprint density at radius 2 is 1.95 bits per heavy atom. The highest BCUT2D eigenvalue weighted by Gasteiger charge is 2.16. The molecule has 0 aliphatic heterocycles. The van der Waals surface area contributed by atoms with Crippen LogP contribution in [0.25, 0.3) is 0 Å². The van der Waals surface area contributed by atoms with Crippen molar-refractivity contribution in [1.29, 1.82) is 0 Å². The van der Waals surface area contributed by atoms with Crippen molar-refractivity contribution in [2.24, 2.45) is 5.84 Å². The van der Waals surface area contributed by atoms with Crippen LogP contribution in [0.1, 0.15) is 6.92 Å². The Hall–Kier alpha value is -1.27. The molecule has 5 N–H and O–H groups in total. The molecule has 114 valence electrons. The molecule has 0 radical (unpaired) electrons. The molecule has 1 aromatic heterocycles. The average Bonchev–Trinajstić information content (AvgIpc) is 2.38. The van der Waals surface area contributed by atoms with Gasteiger partial charge in [0.15, 0.2) is 0 Å². The fourth-order valence-corrected chi connectivity index (χ4v) is 3.47. The molecule has 0 saturated heterocycles. The third-order valence-corrected chi connectivity index (χ3v) is 5.15. The van der Waals surface area contributed by atoms with Gasteiger partial charge in [0, 0.05) is 25.4 Å². The van der Waals surface area contributed by atoms with E-state index in [0.29, 0.717) is 0 Å². The Balaban J connectivity index is 2.71. The van der Waals surface area contributed by atoms with Crippen LogP contribution in [-0.4, -0.2) is 40.7 Å². The molecule has 0 aromatic carbocycles. The summed E-state index contributed by atoms with van der Waals surface area (Å²) in [5, 5.41) is 0. The summed E-state index contributed by atoms with van der Waals surface area (Å²) < 4.78 is 51.0. The zero-order valence-corrected chi connectivity index (χ0v) is 12.5. The van der Waals surface area contributed by atoms with E-state index in [2.05, 4.69) is 19.9 Å². The lowest BCUT2D eigenvalue weighted by Crippen LogP contribution is -2.34. The zero-order valence-electron chi connectivity index (χ0n) is 10.8. The van der Waals surface area contributed by atoms with Crippen molar-refractivity contribution < 1.29 is 16.8 Å². The van der Waals surface area contributed by atoms with Crippen molar-refractivity contribution in [3.05, 3.63) is 18.3 Å². The summed E-state index contributed by atoms with van der Waals surface area (Å²) in [5.41, 5.74) is 2.23. The van der Waals surface area contributed by atoms with E-state index in [1.807, 2.05) is 0 Å². The lowest BCUT2D eigenvalue weighted by atomic mass is 10.5. The van der Waals surface area contributed by atoms with Gasteiger partial charge < -0.3 is 5.43 Å². The fraction of sp³-hybridized carbons (Fsp3) is 0.444. The molecule has 1 rings (SSSR count). The molecule has 0 aliphatic rings. The van der Waals surface area contributed by atoms with Gasteiger partial charge in [0.25, 0.3) is 0 Å². The van der Waals surface area contributed by atoms with Gasteiger partial charge in [-0.3, -0.25) is 0 Å². The van der Waals surface area contributed by atoms with Crippen molar-refractivity contribution >= 4 is 25.9 Å². The number of pyridine rings is 1. The molecular weight excluding hydrogens is 306 g/mol. The third kappa shape index (κ3) is 5.02. The second kappa shape index (κ2) is 6.95. The molecular formula is C9H17N5O4S2. The van der Waals surface area contributed by atoms with E-state index in [0.717, 1.165) is 0 Å². The molecule has 0 aliphatic carbocycles. The number of hydrogen-bond acceptors (Lipinski definition) is 7. The smallest absolute Gasteiger partial charge is 0.240 e. The summed E-state index contributed by atoms with van der Waals surface area (Å²) in [7, 11) is -7.28. The lowest BCUT2D eigenvalue weighted by Gasteiger charge is -2.08. The maximum absolute atomic E-state index is 11.9. The summed E-state index contributed by atoms with van der Waals surface area (Å²) in [6.07, 6.45) is 1.28. The molecule has 0 saturated carbocycles. The average molecular weight is 323 g/mol. The number of aromatic nitrogens is 1. The second-order valence-electron chi connectivity index (χ2n) is 3.74. The molecule has 0 amide bonds. The van der Waals surface area contributed by atoms with Crippen LogP contribution in [0.4, 0.5) is 5.82 Å². The molecule has 0 unspecified atom stereocenters. The third-order valence-electron chi connectivity index (χ3n) is 2.22. The van der Waals surface area contributed by atoms with Crippen LogP contribution in [0.5, 0.6) is 0 Å². The van der Waals surface area contributed by atoms with E-state index in [-0.39, 0.29) is 29.6 Å². The number of rotatable bonds is 8. The van der Waals surface area contributed by atoms with Gasteiger partial charge in [0.05, 0.1) is 10.6 Å². The summed E-state index contributed by atoms with van der Waals surface area (Å²) in [6.45, 7) is 1.66. The SMILES string of the molecule is CCNS(=O)(=O)CCNS(=O)(=O)c1ccnc(NN)c1. The highest BCUT2D eigenvalue weighted by Crippen LogP contribution is 2.11. The van der Waals surface area contributed by atoms with Gasteiger partial charge in [-0.1, -0.05) is 6.92 Å². The molecule has 0 bridgehead atoms. The molecule has 0 fully saturated rings. The van der Waals surface area contributed by atoms with Crippen LogP contribution >= 0.6 is 0 Å². The van der Waals surface area contributed by atoms with Crippen molar-refractivity contribution in [1.82, 2.24) is 14.4 Å². The summed E-state index contributed by atoms with van der Waals surface area (Å²) in [4.78, 5) is 3.73. The van der Waals surface area contributed by atoms with E-state index < -0.39 is 20.0 Å². The number of nitrogens with one attached hydrogen (secondary N) is 3. The van der Waals surface area contributed by atoms with Gasteiger partial charge >= 0.3 is 0 Å². The standard InChI is InChI=1S/C9H17N5O4S2/c1-2-12-19(15,16)6-5-13-20(17,18)8-3-4-11-9(7-8)14-10/h3-4,7,12-13H,2,5-6,10H2,1H3,(H,11,14). The summed E-state index contributed by atoms with van der Waals surface area (Å²) in [5.74, 6) is 4.99. The molecule has 11 heteroatoms. The molecule has 0 atom stereocenters. The summed E-state index contributed by atoms with van der Waals surface area (Å²) >= 11 is 0. The molecule has 1 heterocycles. The van der Waals surface area contributed by atoms with E-state index in [4.69, 9.17) is 5.84 Å². The number of hydrazine groups is 1. The van der Waals surface area contributed by atoms with Gasteiger partial charge in [-0.25, -0.2) is 37.1 Å². The van der Waals surface area contributed by atoms with Crippen LogP contribution in [-0.2, 0) is 20.0 Å². The zero-order chi connectivity index (χ0) is 15.2. The highest BCUT2D eigenvalue weighted by atomic mass is 32.2. The number of nitrogen functional groups attached to an aromatic ring is 1. The second-order valence-corrected chi connectivity index (χ2v) is 7.43. The summed E-state index contributed by atoms with van der Waals surface area (Å²) in [6, 6.07) is 2.52. The lowest BCUT2D eigenvalue weighted by molar-refractivity contribution is 0.576. The minimum absolute atomic E-state index is 0.0544. The molecule has 20 heavy (non-hydrogen) atoms. The first kappa shape index (κ1) is 16.8. The number of sulfonamides is 2. The van der Waals surface area contributed by atoms with Crippen molar-refractivity contribution in [2.75, 3.05) is 24.3 Å². The molecule has 1 aromatic rings. The normalized spacial score (nSPS) is 12.3. The quantitative estimate of drug-likeness (QED) is 0.340. The van der Waals surface area contributed by atoms with Gasteiger partial charge in [-0.2, -0.15) is 0 Å². The largest absolute Gasteiger partial charge is 0.308 e. The van der Waals surface area contributed by atoms with Crippen LogP contribution in [0.3, 0.4) is 0 Å². The van der Waals surface area contributed by atoms with Crippen LogP contribution in [0.2, 0.25) is 0 Å². The van der Waals surface area contributed by atoms with Crippen molar-refractivity contribution in [3.63, 3.8) is 0 Å². The Morgan fingerprint density at radius 1 is 1.25 bits per heavy atom. The number of nitrogens with two attached hydrogens (primary N) is 1. The molecule has 9 nitrogen and oxygen atoms in total. The fourth-order valence-electron chi connectivity index (χ4n) is 1.34. The van der Waals surface area contributed by atoms with Gasteiger partial charge in [0.1, 0.15) is 5.82 Å². The van der Waals surface area contributed by atoms with Gasteiger partial charge in [0.2, 0.25) is 20.0 Å². The number of nitrogens with zero attached hydrogens (tertiary/aromatic N) is 1. The van der Waals surface area contributed by atoms with Gasteiger partial charge in [-0.05, 0) is 6.07 Å². The number of hydrogen-bond donors (Lipinski definition) is 4. The monoisotopic (exact) mass is 323 g/mol. The Bertz CT molecular complexity index is 644. The first-order chi connectivity index (χ1) is 9.30. The maximum Gasteiger partial charge on any atom is 0.240 e.